The van der Waals surface area contributed by atoms with Crippen molar-refractivity contribution in [2.75, 3.05) is 20.1 Å². The number of carbonyl (C=O) groups is 1. The topological polar surface area (TPSA) is 84.5 Å². The van der Waals surface area contributed by atoms with E-state index in [-0.39, 0.29) is 11.5 Å². The maximum atomic E-state index is 13.3. The van der Waals surface area contributed by atoms with Gasteiger partial charge >= 0.3 is 0 Å². The van der Waals surface area contributed by atoms with Crippen LogP contribution in [0.3, 0.4) is 0 Å². The lowest BCUT2D eigenvalue weighted by Gasteiger charge is -2.16. The molecule has 0 bridgehead atoms. The average Bonchev–Trinajstić information content (AvgIpc) is 3.37. The maximum absolute atomic E-state index is 13.3. The van der Waals surface area contributed by atoms with Crippen molar-refractivity contribution in [3.05, 3.63) is 112 Å². The number of rotatable bonds is 11. The molecule has 0 saturated heterocycles. The van der Waals surface area contributed by atoms with Gasteiger partial charge in [-0.25, -0.2) is 0 Å². The molecular weight excluding hydrogens is 476 g/mol. The molecule has 8 heteroatoms. The van der Waals surface area contributed by atoms with Crippen molar-refractivity contribution >= 4 is 22.6 Å². The Morgan fingerprint density at radius 2 is 1.58 bits per heavy atom. The van der Waals surface area contributed by atoms with Crippen LogP contribution in [0.2, 0.25) is 0 Å². The van der Waals surface area contributed by atoms with Gasteiger partial charge in [0.15, 0.2) is 0 Å². The first-order valence-electron chi connectivity index (χ1n) is 13.0. The van der Waals surface area contributed by atoms with E-state index in [1.165, 1.54) is 5.56 Å². The zero-order valence-electron chi connectivity index (χ0n) is 21.6. The first-order chi connectivity index (χ1) is 18.6. The highest BCUT2D eigenvalue weighted by molar-refractivity contribution is 5.80. The van der Waals surface area contributed by atoms with Gasteiger partial charge < -0.3 is 10.2 Å². The van der Waals surface area contributed by atoms with E-state index in [9.17, 15) is 9.59 Å². The molecule has 194 valence electrons. The van der Waals surface area contributed by atoms with E-state index in [0.29, 0.717) is 42.9 Å². The van der Waals surface area contributed by atoms with Crippen molar-refractivity contribution < 1.29 is 4.79 Å². The fourth-order valence-corrected chi connectivity index (χ4v) is 4.75. The molecule has 3 aromatic carbocycles. The van der Waals surface area contributed by atoms with Gasteiger partial charge in [-0.15, -0.1) is 10.2 Å². The van der Waals surface area contributed by atoms with E-state index >= 15 is 0 Å². The minimum atomic E-state index is -0.106. The normalized spacial score (nSPS) is 11.4. The Hall–Kier alpha value is -4.30. The van der Waals surface area contributed by atoms with Gasteiger partial charge in [0.1, 0.15) is 5.82 Å². The Morgan fingerprint density at radius 3 is 2.34 bits per heavy atom. The molecule has 0 fully saturated rings. The smallest absolute Gasteiger partial charge is 0.263 e. The van der Waals surface area contributed by atoms with Crippen molar-refractivity contribution in [3.63, 3.8) is 0 Å². The van der Waals surface area contributed by atoms with E-state index in [2.05, 4.69) is 39.6 Å². The minimum absolute atomic E-state index is 0.0191. The van der Waals surface area contributed by atoms with E-state index in [0.717, 1.165) is 30.6 Å². The molecule has 0 atom stereocenters. The number of fused-ring (bicyclic) bond motifs is 3. The zero-order valence-corrected chi connectivity index (χ0v) is 21.6. The van der Waals surface area contributed by atoms with Gasteiger partial charge in [0.2, 0.25) is 11.7 Å². The highest BCUT2D eigenvalue weighted by Crippen LogP contribution is 2.16. The minimum Gasteiger partial charge on any atom is -0.356 e. The predicted molar refractivity (Wildman–Crippen MR) is 149 cm³/mol. The third-order valence-corrected chi connectivity index (χ3v) is 6.67. The van der Waals surface area contributed by atoms with Crippen molar-refractivity contribution in [2.45, 2.75) is 32.4 Å². The van der Waals surface area contributed by atoms with Crippen LogP contribution < -0.4 is 10.9 Å². The van der Waals surface area contributed by atoms with Crippen LogP contribution in [0, 0.1) is 0 Å². The summed E-state index contributed by atoms with van der Waals surface area (Å²) >= 11 is 0. The second-order valence-corrected chi connectivity index (χ2v) is 9.57. The lowest BCUT2D eigenvalue weighted by molar-refractivity contribution is -0.121. The molecule has 38 heavy (non-hydrogen) atoms. The second kappa shape index (κ2) is 11.8. The highest BCUT2D eigenvalue weighted by atomic mass is 16.1. The van der Waals surface area contributed by atoms with Crippen LogP contribution in [0.15, 0.2) is 89.7 Å². The lowest BCUT2D eigenvalue weighted by atomic mass is 10.2. The number of hydrogen-bond donors (Lipinski definition) is 1. The Labute approximate surface area is 221 Å². The molecule has 1 N–H and O–H groups in total. The molecule has 0 aliphatic rings. The molecule has 5 rings (SSSR count). The maximum Gasteiger partial charge on any atom is 0.263 e. The van der Waals surface area contributed by atoms with Crippen LogP contribution >= 0.6 is 0 Å². The Bertz CT molecular complexity index is 1580. The number of amides is 1. The van der Waals surface area contributed by atoms with Crippen LogP contribution in [0.1, 0.15) is 29.8 Å². The zero-order chi connectivity index (χ0) is 26.3. The molecule has 2 aromatic heterocycles. The molecule has 0 unspecified atom stereocenters. The van der Waals surface area contributed by atoms with Crippen LogP contribution in [-0.4, -0.2) is 50.1 Å². The summed E-state index contributed by atoms with van der Waals surface area (Å²) in [4.78, 5) is 28.2. The summed E-state index contributed by atoms with van der Waals surface area (Å²) in [5.41, 5.74) is 2.93. The van der Waals surface area contributed by atoms with E-state index < -0.39 is 0 Å². The number of hydrogen-bond acceptors (Lipinski definition) is 5. The third kappa shape index (κ3) is 5.81. The number of aromatic nitrogens is 4. The second-order valence-electron chi connectivity index (χ2n) is 9.57. The number of benzene rings is 3. The molecule has 0 aliphatic carbocycles. The van der Waals surface area contributed by atoms with Gasteiger partial charge in [0.25, 0.3) is 5.56 Å². The van der Waals surface area contributed by atoms with Crippen LogP contribution in [0.25, 0.3) is 16.7 Å². The van der Waals surface area contributed by atoms with Crippen LogP contribution in [0.5, 0.6) is 0 Å². The largest absolute Gasteiger partial charge is 0.356 e. The molecule has 5 aromatic rings. The van der Waals surface area contributed by atoms with Crippen LogP contribution in [-0.2, 0) is 24.3 Å². The van der Waals surface area contributed by atoms with Gasteiger partial charge in [0, 0.05) is 25.9 Å². The van der Waals surface area contributed by atoms with Gasteiger partial charge in [0.05, 0.1) is 17.4 Å². The summed E-state index contributed by atoms with van der Waals surface area (Å²) < 4.78 is 3.56. The van der Waals surface area contributed by atoms with E-state index in [1.54, 1.807) is 4.57 Å². The number of carbonyl (C=O) groups excluding carboxylic acids is 1. The number of para-hydroxylation sites is 1. The highest BCUT2D eigenvalue weighted by Gasteiger charge is 2.17. The Kier molecular flexibility index (Phi) is 7.89. The fraction of sp³-hybridized carbons (Fsp3) is 0.267. The average molecular weight is 509 g/mol. The quantitative estimate of drug-likeness (QED) is 0.275. The van der Waals surface area contributed by atoms with Gasteiger partial charge in [-0.3, -0.25) is 18.6 Å². The van der Waals surface area contributed by atoms with Crippen LogP contribution in [0.4, 0.5) is 0 Å². The summed E-state index contributed by atoms with van der Waals surface area (Å²) in [6.07, 6.45) is 1.60. The molecule has 2 heterocycles. The van der Waals surface area contributed by atoms with Crippen molar-refractivity contribution in [2.24, 2.45) is 0 Å². The Morgan fingerprint density at radius 1 is 0.895 bits per heavy atom. The number of nitrogens with zero attached hydrogens (tertiary/aromatic N) is 5. The molecule has 0 aliphatic heterocycles. The molecular formula is C30H32N6O2. The summed E-state index contributed by atoms with van der Waals surface area (Å²) in [6, 6.07) is 27.7. The lowest BCUT2D eigenvalue weighted by Crippen LogP contribution is -2.28. The summed E-state index contributed by atoms with van der Waals surface area (Å²) in [5.74, 6) is 1.12. The molecule has 1 amide bonds. The SMILES string of the molecule is CN(CCCNC(=O)CCc1nnc2n(Cc3ccccc3)c(=O)c3ccccc3n12)Cc1ccccc1. The molecule has 0 spiro atoms. The van der Waals surface area contributed by atoms with Crippen molar-refractivity contribution in [1.82, 2.24) is 29.4 Å². The predicted octanol–water partition coefficient (Wildman–Crippen LogP) is 3.66. The Balaban J connectivity index is 1.24. The summed E-state index contributed by atoms with van der Waals surface area (Å²) in [7, 11) is 2.09. The number of nitrogens with one attached hydrogen (secondary N) is 1. The van der Waals surface area contributed by atoms with E-state index in [1.807, 2.05) is 77.2 Å². The molecule has 0 saturated carbocycles. The van der Waals surface area contributed by atoms with E-state index in [4.69, 9.17) is 0 Å². The first kappa shape index (κ1) is 25.4. The third-order valence-electron chi connectivity index (χ3n) is 6.67. The number of aryl methyl sites for hydroxylation is 1. The first-order valence-corrected chi connectivity index (χ1v) is 13.0. The van der Waals surface area contributed by atoms with Gasteiger partial charge in [-0.2, -0.15) is 0 Å². The fourth-order valence-electron chi connectivity index (χ4n) is 4.75. The summed E-state index contributed by atoms with van der Waals surface area (Å²) in [5, 5.41) is 12.4. The van der Waals surface area contributed by atoms with Crippen molar-refractivity contribution in [1.29, 1.82) is 0 Å². The van der Waals surface area contributed by atoms with Crippen molar-refractivity contribution in [3.8, 4) is 0 Å². The summed E-state index contributed by atoms with van der Waals surface area (Å²) in [6.45, 7) is 2.80. The molecule has 0 radical (unpaired) electrons. The van der Waals surface area contributed by atoms with Gasteiger partial charge in [-0.05, 0) is 43.3 Å². The van der Waals surface area contributed by atoms with Gasteiger partial charge in [-0.1, -0.05) is 72.8 Å². The monoisotopic (exact) mass is 508 g/mol. The molecule has 8 nitrogen and oxygen atoms in total. The standard InChI is InChI=1S/C30H32N6O2/c1-34(21-23-11-4-2-5-12-23)20-10-19-31-28(37)18-17-27-32-33-30-35(22-24-13-6-3-7-14-24)29(38)25-15-8-9-16-26(25)36(27)30/h2-9,11-16H,10,17-22H2,1H3,(H,31,37).